The molecule has 0 aliphatic rings. The first-order valence-electron chi connectivity index (χ1n) is 5.98. The lowest BCUT2D eigenvalue weighted by Crippen LogP contribution is -2.20. The summed E-state index contributed by atoms with van der Waals surface area (Å²) in [5.41, 5.74) is 6.25. The van der Waals surface area contributed by atoms with Gasteiger partial charge in [-0.3, -0.25) is 4.79 Å². The first-order valence-corrected chi connectivity index (χ1v) is 7.19. The number of hydrogen-bond acceptors (Lipinski definition) is 4. The van der Waals surface area contributed by atoms with Crippen LogP contribution in [0, 0.1) is 0 Å². The van der Waals surface area contributed by atoms with Crippen LogP contribution in [0.5, 0.6) is 5.75 Å². The van der Waals surface area contributed by atoms with E-state index in [2.05, 4.69) is 26.2 Å². The Morgan fingerprint density at radius 1 is 1.29 bits per heavy atom. The van der Waals surface area contributed by atoms with Crippen molar-refractivity contribution in [3.05, 3.63) is 52.6 Å². The third kappa shape index (κ3) is 4.80. The molecular weight excluding hydrogens is 354 g/mol. The number of anilines is 1. The Morgan fingerprint density at radius 2 is 2.00 bits per heavy atom. The Bertz CT molecular complexity index is 644. The molecule has 0 aliphatic heterocycles. The number of rotatable bonds is 5. The van der Waals surface area contributed by atoms with Crippen LogP contribution in [0.2, 0.25) is 0 Å². The smallest absolute Gasteiger partial charge is 0.263 e. The summed E-state index contributed by atoms with van der Waals surface area (Å²) in [4.78, 5) is 16.1. The summed E-state index contributed by atoms with van der Waals surface area (Å²) in [5, 5.41) is 2.63. The van der Waals surface area contributed by atoms with E-state index in [4.69, 9.17) is 22.7 Å². The summed E-state index contributed by atoms with van der Waals surface area (Å²) in [6, 6.07) is 10.4. The van der Waals surface area contributed by atoms with Crippen LogP contribution >= 0.6 is 28.1 Å². The molecule has 0 unspecified atom stereocenters. The SMILES string of the molecule is NC(=S)c1ccc(OCC(=O)Nc2ccc(Br)cn2)cc1. The molecule has 0 bridgehead atoms. The number of amides is 1. The van der Waals surface area contributed by atoms with E-state index in [1.807, 2.05) is 0 Å². The van der Waals surface area contributed by atoms with Gasteiger partial charge in [0.25, 0.3) is 5.91 Å². The van der Waals surface area contributed by atoms with Crippen molar-refractivity contribution in [2.45, 2.75) is 0 Å². The van der Waals surface area contributed by atoms with Crippen LogP contribution in [-0.2, 0) is 4.79 Å². The summed E-state index contributed by atoms with van der Waals surface area (Å²) >= 11 is 8.13. The van der Waals surface area contributed by atoms with Crippen molar-refractivity contribution in [2.75, 3.05) is 11.9 Å². The molecule has 1 heterocycles. The summed E-state index contributed by atoms with van der Waals surface area (Å²) in [7, 11) is 0. The van der Waals surface area contributed by atoms with Crippen LogP contribution in [0.1, 0.15) is 5.56 Å². The van der Waals surface area contributed by atoms with Crippen molar-refractivity contribution < 1.29 is 9.53 Å². The van der Waals surface area contributed by atoms with Gasteiger partial charge in [-0.1, -0.05) is 12.2 Å². The second-order valence-corrected chi connectivity index (χ2v) is 5.44. The van der Waals surface area contributed by atoms with E-state index in [-0.39, 0.29) is 12.5 Å². The zero-order chi connectivity index (χ0) is 15.2. The van der Waals surface area contributed by atoms with Gasteiger partial charge in [0, 0.05) is 16.2 Å². The lowest BCUT2D eigenvalue weighted by Gasteiger charge is -2.07. The van der Waals surface area contributed by atoms with E-state index in [1.54, 1.807) is 42.6 Å². The molecule has 2 rings (SSSR count). The maximum atomic E-state index is 11.7. The Kier molecular flexibility index (Phi) is 5.24. The number of aromatic nitrogens is 1. The van der Waals surface area contributed by atoms with Crippen LogP contribution in [0.25, 0.3) is 0 Å². The molecule has 5 nitrogen and oxygen atoms in total. The number of nitrogens with one attached hydrogen (secondary N) is 1. The first-order chi connectivity index (χ1) is 10.0. The van der Waals surface area contributed by atoms with Gasteiger partial charge in [-0.25, -0.2) is 4.98 Å². The highest BCUT2D eigenvalue weighted by Crippen LogP contribution is 2.13. The Balaban J connectivity index is 1.86. The van der Waals surface area contributed by atoms with Crippen molar-refractivity contribution in [3.63, 3.8) is 0 Å². The van der Waals surface area contributed by atoms with Crippen molar-refractivity contribution in [1.29, 1.82) is 0 Å². The summed E-state index contributed by atoms with van der Waals surface area (Å²) in [6.45, 7) is -0.107. The van der Waals surface area contributed by atoms with Crippen LogP contribution in [0.4, 0.5) is 5.82 Å². The van der Waals surface area contributed by atoms with Gasteiger partial charge in [0.1, 0.15) is 16.6 Å². The third-order valence-electron chi connectivity index (χ3n) is 2.50. The highest BCUT2D eigenvalue weighted by Gasteiger charge is 2.05. The fourth-order valence-corrected chi connectivity index (χ4v) is 1.86. The molecule has 0 aliphatic carbocycles. The minimum Gasteiger partial charge on any atom is -0.484 e. The number of carbonyl (C=O) groups excluding carboxylic acids is 1. The Morgan fingerprint density at radius 3 is 2.57 bits per heavy atom. The second-order valence-electron chi connectivity index (χ2n) is 4.09. The maximum Gasteiger partial charge on any atom is 0.263 e. The molecule has 1 aromatic carbocycles. The van der Waals surface area contributed by atoms with Gasteiger partial charge < -0.3 is 15.8 Å². The lowest BCUT2D eigenvalue weighted by atomic mass is 10.2. The summed E-state index contributed by atoms with van der Waals surface area (Å²) < 4.78 is 6.21. The Labute approximate surface area is 135 Å². The largest absolute Gasteiger partial charge is 0.484 e. The van der Waals surface area contributed by atoms with Crippen molar-refractivity contribution >= 4 is 44.9 Å². The number of halogens is 1. The van der Waals surface area contributed by atoms with Gasteiger partial charge in [0.15, 0.2) is 6.61 Å². The quantitative estimate of drug-likeness (QED) is 0.796. The average molecular weight is 366 g/mol. The topological polar surface area (TPSA) is 77.2 Å². The van der Waals surface area contributed by atoms with Gasteiger partial charge in [-0.05, 0) is 52.3 Å². The minimum absolute atomic E-state index is 0.107. The zero-order valence-corrected chi connectivity index (χ0v) is 13.3. The zero-order valence-electron chi connectivity index (χ0n) is 10.9. The number of nitrogens with zero attached hydrogens (tertiary/aromatic N) is 1. The lowest BCUT2D eigenvalue weighted by molar-refractivity contribution is -0.118. The van der Waals surface area contributed by atoms with Gasteiger partial charge in [0.2, 0.25) is 0 Å². The number of thiocarbonyl (C=S) groups is 1. The fourth-order valence-electron chi connectivity index (χ4n) is 1.49. The van der Waals surface area contributed by atoms with E-state index in [1.165, 1.54) is 0 Å². The molecule has 0 radical (unpaired) electrons. The number of benzene rings is 1. The molecule has 2 aromatic rings. The fraction of sp³-hybridized carbons (Fsp3) is 0.0714. The molecule has 3 N–H and O–H groups in total. The number of ether oxygens (including phenoxy) is 1. The minimum atomic E-state index is -0.289. The van der Waals surface area contributed by atoms with Crippen molar-refractivity contribution in [3.8, 4) is 5.75 Å². The molecule has 1 amide bonds. The van der Waals surface area contributed by atoms with E-state index in [9.17, 15) is 4.79 Å². The van der Waals surface area contributed by atoms with Gasteiger partial charge in [0.05, 0.1) is 0 Å². The van der Waals surface area contributed by atoms with Crippen molar-refractivity contribution in [1.82, 2.24) is 4.98 Å². The van der Waals surface area contributed by atoms with E-state index < -0.39 is 0 Å². The normalized spacial score (nSPS) is 9.95. The second kappa shape index (κ2) is 7.14. The predicted molar refractivity (Wildman–Crippen MR) is 88.4 cm³/mol. The van der Waals surface area contributed by atoms with Crippen LogP contribution in [0.3, 0.4) is 0 Å². The maximum absolute atomic E-state index is 11.7. The highest BCUT2D eigenvalue weighted by atomic mass is 79.9. The highest BCUT2D eigenvalue weighted by molar-refractivity contribution is 9.10. The summed E-state index contributed by atoms with van der Waals surface area (Å²) in [6.07, 6.45) is 1.60. The molecule has 21 heavy (non-hydrogen) atoms. The molecule has 7 heteroatoms. The number of hydrogen-bond donors (Lipinski definition) is 2. The third-order valence-corrected chi connectivity index (χ3v) is 3.21. The average Bonchev–Trinajstić information content (AvgIpc) is 2.48. The van der Waals surface area contributed by atoms with Gasteiger partial charge in [-0.2, -0.15) is 0 Å². The molecule has 0 atom stereocenters. The Hall–Kier alpha value is -1.99. The van der Waals surface area contributed by atoms with Crippen LogP contribution in [-0.4, -0.2) is 22.5 Å². The van der Waals surface area contributed by atoms with Crippen LogP contribution in [0.15, 0.2) is 47.1 Å². The molecule has 0 saturated carbocycles. The van der Waals surface area contributed by atoms with Crippen molar-refractivity contribution in [2.24, 2.45) is 5.73 Å². The molecule has 1 aromatic heterocycles. The summed E-state index contributed by atoms with van der Waals surface area (Å²) in [5.74, 6) is 0.743. The molecule has 0 saturated heterocycles. The number of carbonyl (C=O) groups is 1. The van der Waals surface area contributed by atoms with E-state index in [0.29, 0.717) is 16.6 Å². The predicted octanol–water partition coefficient (Wildman–Crippen LogP) is 2.50. The van der Waals surface area contributed by atoms with Crippen LogP contribution < -0.4 is 15.8 Å². The molecule has 108 valence electrons. The van der Waals surface area contributed by atoms with E-state index >= 15 is 0 Å². The first kappa shape index (κ1) is 15.4. The molecule has 0 spiro atoms. The standard InChI is InChI=1S/C14H12BrN3O2S/c15-10-3-6-12(17-7-10)18-13(19)8-20-11-4-1-9(2-5-11)14(16)21/h1-7H,8H2,(H2,16,21)(H,17,18,19). The van der Waals surface area contributed by atoms with E-state index in [0.717, 1.165) is 10.0 Å². The van der Waals surface area contributed by atoms with Gasteiger partial charge in [-0.15, -0.1) is 0 Å². The number of nitrogens with two attached hydrogens (primary N) is 1. The number of pyridine rings is 1. The van der Waals surface area contributed by atoms with Gasteiger partial charge >= 0.3 is 0 Å². The monoisotopic (exact) mass is 365 g/mol. The molecule has 0 fully saturated rings. The molecular formula is C14H12BrN3O2S.